The number of carbonyl (C=O) groups is 1. The van der Waals surface area contributed by atoms with Gasteiger partial charge in [-0.05, 0) is 87.7 Å². The second-order valence-electron chi connectivity index (χ2n) is 8.56. The minimum atomic E-state index is -0.857. The van der Waals surface area contributed by atoms with Crippen LogP contribution < -0.4 is 5.32 Å². The zero-order valence-electron chi connectivity index (χ0n) is 17.3. The number of benzene rings is 1. The standard InChI is InChI=1S/C23H35N3O2/c1-17-15-21(17)25-22(16-24-2)19-10-13-26(14-11-19)12-4-3-5-18-6-8-20(9-7-18)23(27)28/h6-9,16-17,19,21-22,25H,3-5,10-15H2,1-2H3,(H,27,28)/b24-16+/t17-,21-,22?/m1/s1. The first kappa shape index (κ1) is 21.0. The molecule has 1 aliphatic heterocycles. The lowest BCUT2D eigenvalue weighted by Crippen LogP contribution is -2.45. The van der Waals surface area contributed by atoms with Gasteiger partial charge < -0.3 is 15.3 Å². The average Bonchev–Trinajstić information content (AvgIpc) is 3.40. The van der Waals surface area contributed by atoms with Crippen molar-refractivity contribution in [2.45, 2.75) is 57.5 Å². The van der Waals surface area contributed by atoms with Crippen molar-refractivity contribution in [3.8, 4) is 0 Å². The van der Waals surface area contributed by atoms with Crippen LogP contribution in [0.1, 0.15) is 54.9 Å². The molecule has 0 aromatic heterocycles. The number of hydrogen-bond acceptors (Lipinski definition) is 4. The van der Waals surface area contributed by atoms with Crippen molar-refractivity contribution in [2.24, 2.45) is 16.8 Å². The van der Waals surface area contributed by atoms with E-state index in [1.807, 2.05) is 19.2 Å². The number of aliphatic imine (C=N–C) groups is 1. The number of rotatable bonds is 10. The summed E-state index contributed by atoms with van der Waals surface area (Å²) in [4.78, 5) is 17.8. The van der Waals surface area contributed by atoms with Crippen LogP contribution in [0.4, 0.5) is 0 Å². The zero-order valence-corrected chi connectivity index (χ0v) is 17.3. The van der Waals surface area contributed by atoms with Crippen LogP contribution in [0.2, 0.25) is 0 Å². The number of nitrogens with one attached hydrogen (secondary N) is 1. The highest BCUT2D eigenvalue weighted by Gasteiger charge is 2.36. The van der Waals surface area contributed by atoms with Crippen molar-refractivity contribution in [1.29, 1.82) is 0 Å². The van der Waals surface area contributed by atoms with E-state index < -0.39 is 5.97 Å². The Bertz CT molecular complexity index is 650. The number of piperidine rings is 1. The molecule has 2 fully saturated rings. The van der Waals surface area contributed by atoms with Crippen molar-refractivity contribution in [2.75, 3.05) is 26.7 Å². The first-order valence-electron chi connectivity index (χ1n) is 10.8. The van der Waals surface area contributed by atoms with Crippen molar-refractivity contribution in [3.63, 3.8) is 0 Å². The van der Waals surface area contributed by atoms with E-state index in [4.69, 9.17) is 5.11 Å². The topological polar surface area (TPSA) is 64.9 Å². The number of hydrogen-bond donors (Lipinski definition) is 2. The van der Waals surface area contributed by atoms with Crippen LogP contribution in [0.25, 0.3) is 0 Å². The summed E-state index contributed by atoms with van der Waals surface area (Å²) in [5.74, 6) is 0.679. The number of unbranched alkanes of at least 4 members (excludes halogenated alkanes) is 1. The van der Waals surface area contributed by atoms with Gasteiger partial charge in [0.1, 0.15) is 0 Å². The molecule has 5 nitrogen and oxygen atoms in total. The van der Waals surface area contributed by atoms with Crippen molar-refractivity contribution < 1.29 is 9.90 Å². The van der Waals surface area contributed by atoms with Crippen LogP contribution in [0.15, 0.2) is 29.3 Å². The number of aromatic carboxylic acids is 1. The molecule has 1 saturated carbocycles. The minimum Gasteiger partial charge on any atom is -0.478 e. The number of carboxylic acid groups (broad SMARTS) is 1. The van der Waals surface area contributed by atoms with Gasteiger partial charge in [0.25, 0.3) is 0 Å². The van der Waals surface area contributed by atoms with Gasteiger partial charge in [-0.3, -0.25) is 4.99 Å². The van der Waals surface area contributed by atoms with Crippen LogP contribution in [0.5, 0.6) is 0 Å². The molecule has 2 aliphatic rings. The van der Waals surface area contributed by atoms with Gasteiger partial charge in [-0.15, -0.1) is 0 Å². The van der Waals surface area contributed by atoms with Gasteiger partial charge >= 0.3 is 5.97 Å². The predicted molar refractivity (Wildman–Crippen MR) is 114 cm³/mol. The molecule has 1 heterocycles. The fourth-order valence-corrected chi connectivity index (χ4v) is 4.28. The zero-order chi connectivity index (χ0) is 19.9. The Morgan fingerprint density at radius 1 is 1.29 bits per heavy atom. The van der Waals surface area contributed by atoms with Crippen molar-refractivity contribution in [3.05, 3.63) is 35.4 Å². The van der Waals surface area contributed by atoms with Crippen LogP contribution in [0, 0.1) is 11.8 Å². The molecule has 1 saturated heterocycles. The molecule has 3 rings (SSSR count). The Labute approximate surface area is 169 Å². The molecule has 0 spiro atoms. The normalized spacial score (nSPS) is 24.5. The highest BCUT2D eigenvalue weighted by Crippen LogP contribution is 2.31. The summed E-state index contributed by atoms with van der Waals surface area (Å²) in [5, 5.41) is 12.8. The third-order valence-corrected chi connectivity index (χ3v) is 6.36. The van der Waals surface area contributed by atoms with Crippen LogP contribution >= 0.6 is 0 Å². The average molecular weight is 386 g/mol. The number of likely N-dealkylation sites (tertiary alicyclic amines) is 1. The van der Waals surface area contributed by atoms with E-state index in [0.717, 1.165) is 18.8 Å². The highest BCUT2D eigenvalue weighted by molar-refractivity contribution is 5.87. The summed E-state index contributed by atoms with van der Waals surface area (Å²) in [6.45, 7) is 5.86. The Kier molecular flexibility index (Phi) is 7.63. The monoisotopic (exact) mass is 385 g/mol. The molecule has 154 valence electrons. The maximum absolute atomic E-state index is 10.9. The molecule has 0 bridgehead atoms. The van der Waals surface area contributed by atoms with Crippen LogP contribution in [0.3, 0.4) is 0 Å². The van der Waals surface area contributed by atoms with Gasteiger partial charge in [-0.1, -0.05) is 19.1 Å². The molecule has 2 N–H and O–H groups in total. The molecule has 5 heteroatoms. The van der Waals surface area contributed by atoms with Crippen molar-refractivity contribution >= 4 is 12.2 Å². The molecule has 0 amide bonds. The largest absolute Gasteiger partial charge is 0.478 e. The maximum Gasteiger partial charge on any atom is 0.335 e. The molecule has 28 heavy (non-hydrogen) atoms. The summed E-state index contributed by atoms with van der Waals surface area (Å²) in [5.41, 5.74) is 1.59. The van der Waals surface area contributed by atoms with E-state index in [1.165, 1.54) is 50.9 Å². The fourth-order valence-electron chi connectivity index (χ4n) is 4.28. The summed E-state index contributed by atoms with van der Waals surface area (Å²) in [6, 6.07) is 8.43. The van der Waals surface area contributed by atoms with Gasteiger partial charge in [0.2, 0.25) is 0 Å². The smallest absolute Gasteiger partial charge is 0.335 e. The molecule has 1 aromatic rings. The lowest BCUT2D eigenvalue weighted by Gasteiger charge is -2.35. The van der Waals surface area contributed by atoms with Crippen molar-refractivity contribution in [1.82, 2.24) is 10.2 Å². The summed E-state index contributed by atoms with van der Waals surface area (Å²) in [7, 11) is 1.88. The minimum absolute atomic E-state index is 0.365. The second kappa shape index (κ2) is 10.2. The Balaban J connectivity index is 1.33. The van der Waals surface area contributed by atoms with Gasteiger partial charge in [-0.25, -0.2) is 4.79 Å². The molecule has 3 atom stereocenters. The van der Waals surface area contributed by atoms with E-state index in [0.29, 0.717) is 23.6 Å². The Morgan fingerprint density at radius 3 is 2.54 bits per heavy atom. The van der Waals surface area contributed by atoms with Gasteiger partial charge in [0.15, 0.2) is 0 Å². The second-order valence-corrected chi connectivity index (χ2v) is 8.56. The first-order chi connectivity index (χ1) is 13.6. The van der Waals surface area contributed by atoms with E-state index in [9.17, 15) is 4.79 Å². The highest BCUT2D eigenvalue weighted by atomic mass is 16.4. The Hall–Kier alpha value is -1.72. The molecule has 1 aliphatic carbocycles. The van der Waals surface area contributed by atoms with Crippen LogP contribution in [-0.2, 0) is 6.42 Å². The van der Waals surface area contributed by atoms with Gasteiger partial charge in [0.05, 0.1) is 5.56 Å². The third kappa shape index (κ3) is 6.14. The molecular weight excluding hydrogens is 350 g/mol. The number of carboxylic acids is 1. The lowest BCUT2D eigenvalue weighted by atomic mass is 9.89. The molecule has 0 radical (unpaired) electrons. The quantitative estimate of drug-likeness (QED) is 0.478. The van der Waals surface area contributed by atoms with E-state index in [1.54, 1.807) is 12.1 Å². The predicted octanol–water partition coefficient (Wildman–Crippen LogP) is 3.49. The van der Waals surface area contributed by atoms with Gasteiger partial charge in [-0.2, -0.15) is 0 Å². The Morgan fingerprint density at radius 2 is 1.96 bits per heavy atom. The molecule has 1 unspecified atom stereocenters. The molecule has 1 aromatic carbocycles. The molecular formula is C23H35N3O2. The number of aryl methyl sites for hydroxylation is 1. The maximum atomic E-state index is 10.9. The first-order valence-corrected chi connectivity index (χ1v) is 10.8. The summed E-state index contributed by atoms with van der Waals surface area (Å²) >= 11 is 0. The summed E-state index contributed by atoms with van der Waals surface area (Å²) < 4.78 is 0. The number of nitrogens with zero attached hydrogens (tertiary/aromatic N) is 2. The summed E-state index contributed by atoms with van der Waals surface area (Å²) in [6.07, 6.45) is 9.31. The SMILES string of the molecule is C/N=C/C(N[C@@H]1C[C@H]1C)C1CCN(CCCCc2ccc(C(=O)O)cc2)CC1. The van der Waals surface area contributed by atoms with E-state index >= 15 is 0 Å². The van der Waals surface area contributed by atoms with Crippen LogP contribution in [-0.4, -0.2) is 61.0 Å². The third-order valence-electron chi connectivity index (χ3n) is 6.36. The lowest BCUT2D eigenvalue weighted by molar-refractivity contribution is 0.0697. The van der Waals surface area contributed by atoms with E-state index in [-0.39, 0.29) is 0 Å². The van der Waals surface area contributed by atoms with Gasteiger partial charge in [0, 0.05) is 25.3 Å². The van der Waals surface area contributed by atoms with E-state index in [2.05, 4.69) is 28.3 Å². The fraction of sp³-hybridized carbons (Fsp3) is 0.652.